The van der Waals surface area contributed by atoms with E-state index in [1.807, 2.05) is 42.0 Å². The molecule has 6 heteroatoms. The van der Waals surface area contributed by atoms with E-state index in [2.05, 4.69) is 46.4 Å². The Kier molecular flexibility index (Phi) is 5.28. The smallest absolute Gasteiger partial charge is 0.226 e. The van der Waals surface area contributed by atoms with E-state index in [0.717, 1.165) is 5.56 Å². The number of benzene rings is 1. The van der Waals surface area contributed by atoms with Crippen LogP contribution in [0.4, 0.5) is 0 Å². The molecule has 1 fully saturated rings. The van der Waals surface area contributed by atoms with Gasteiger partial charge in [-0.25, -0.2) is 4.68 Å². The Labute approximate surface area is 148 Å². The molecule has 0 saturated carbocycles. The molecule has 0 radical (unpaired) electrons. The molecule has 1 saturated heterocycles. The zero-order valence-corrected chi connectivity index (χ0v) is 15.0. The summed E-state index contributed by atoms with van der Waals surface area (Å²) in [4.78, 5) is 16.7. The number of aryl methyl sites for hydroxylation is 1. The number of aromatic nitrogens is 3. The Bertz CT molecular complexity index is 721. The minimum atomic E-state index is 0.141. The van der Waals surface area contributed by atoms with Gasteiger partial charge in [0.15, 0.2) is 0 Å². The van der Waals surface area contributed by atoms with Crippen molar-refractivity contribution in [2.45, 2.75) is 25.4 Å². The number of carbonyl (C=O) groups excluding carboxylic acids is 1. The molecule has 132 valence electrons. The third kappa shape index (κ3) is 4.14. The number of likely N-dealkylation sites (N-methyl/N-ethyl adjacent to an activating group) is 1. The van der Waals surface area contributed by atoms with Crippen LogP contribution in [-0.2, 0) is 4.79 Å². The molecule has 25 heavy (non-hydrogen) atoms. The van der Waals surface area contributed by atoms with E-state index in [1.165, 1.54) is 5.56 Å². The van der Waals surface area contributed by atoms with Gasteiger partial charge in [0.25, 0.3) is 0 Å². The van der Waals surface area contributed by atoms with Crippen LogP contribution in [0.1, 0.15) is 23.6 Å². The lowest BCUT2D eigenvalue weighted by molar-refractivity contribution is -0.129. The second-order valence-electron chi connectivity index (χ2n) is 6.80. The van der Waals surface area contributed by atoms with Crippen LogP contribution in [0.25, 0.3) is 6.08 Å². The molecule has 1 aromatic carbocycles. The Hall–Kier alpha value is -2.47. The fourth-order valence-corrected chi connectivity index (χ4v) is 3.24. The van der Waals surface area contributed by atoms with E-state index in [4.69, 9.17) is 0 Å². The molecule has 1 amide bonds. The van der Waals surface area contributed by atoms with Crippen molar-refractivity contribution in [2.24, 2.45) is 0 Å². The van der Waals surface area contributed by atoms with Gasteiger partial charge in [0.1, 0.15) is 0 Å². The number of rotatable bonds is 5. The molecule has 0 N–H and O–H groups in total. The SMILES string of the molecule is Cc1ccc(/C=C/CC(=O)N2C[C@@H](N(C)C)[C@@H](n3ccnn3)C2)cc1. The van der Waals surface area contributed by atoms with Crippen LogP contribution in [0.5, 0.6) is 0 Å². The molecule has 2 heterocycles. The maximum Gasteiger partial charge on any atom is 0.226 e. The molecule has 2 aromatic rings. The quantitative estimate of drug-likeness (QED) is 0.836. The predicted molar refractivity (Wildman–Crippen MR) is 97.9 cm³/mol. The standard InChI is InChI=1S/C19H25N5O/c1-15-7-9-16(10-8-15)5-4-6-19(25)23-13-17(22(2)3)18(14-23)24-12-11-20-21-24/h4-5,7-12,17-18H,6,13-14H2,1-3H3/b5-4+/t17-,18+/m1/s1. The van der Waals surface area contributed by atoms with Crippen LogP contribution in [-0.4, -0.2) is 63.9 Å². The average molecular weight is 339 g/mol. The van der Waals surface area contributed by atoms with Crippen molar-refractivity contribution in [2.75, 3.05) is 27.2 Å². The van der Waals surface area contributed by atoms with Crippen molar-refractivity contribution in [1.82, 2.24) is 24.8 Å². The highest BCUT2D eigenvalue weighted by Crippen LogP contribution is 2.25. The lowest BCUT2D eigenvalue weighted by Crippen LogP contribution is -2.37. The van der Waals surface area contributed by atoms with Gasteiger partial charge in [-0.05, 0) is 26.6 Å². The summed E-state index contributed by atoms with van der Waals surface area (Å²) in [6.45, 7) is 3.45. The van der Waals surface area contributed by atoms with Crippen LogP contribution in [0, 0.1) is 6.92 Å². The lowest BCUT2D eigenvalue weighted by atomic mass is 10.1. The Morgan fingerprint density at radius 2 is 2.04 bits per heavy atom. The molecule has 0 aliphatic carbocycles. The van der Waals surface area contributed by atoms with Crippen molar-refractivity contribution in [1.29, 1.82) is 0 Å². The van der Waals surface area contributed by atoms with E-state index in [-0.39, 0.29) is 18.0 Å². The molecule has 0 unspecified atom stereocenters. The van der Waals surface area contributed by atoms with E-state index >= 15 is 0 Å². The van der Waals surface area contributed by atoms with Gasteiger partial charge < -0.3 is 9.80 Å². The lowest BCUT2D eigenvalue weighted by Gasteiger charge is -2.24. The molecule has 6 nitrogen and oxygen atoms in total. The largest absolute Gasteiger partial charge is 0.339 e. The van der Waals surface area contributed by atoms with Gasteiger partial charge in [0.2, 0.25) is 5.91 Å². The highest BCUT2D eigenvalue weighted by Gasteiger charge is 2.37. The minimum Gasteiger partial charge on any atom is -0.339 e. The molecular weight excluding hydrogens is 314 g/mol. The van der Waals surface area contributed by atoms with Gasteiger partial charge in [0.05, 0.1) is 18.3 Å². The summed E-state index contributed by atoms with van der Waals surface area (Å²) >= 11 is 0. The summed E-state index contributed by atoms with van der Waals surface area (Å²) in [5.41, 5.74) is 2.35. The third-order valence-electron chi connectivity index (χ3n) is 4.74. The zero-order chi connectivity index (χ0) is 17.8. The summed E-state index contributed by atoms with van der Waals surface area (Å²) in [5, 5.41) is 8.02. The highest BCUT2D eigenvalue weighted by molar-refractivity contribution is 5.79. The van der Waals surface area contributed by atoms with Crippen LogP contribution < -0.4 is 0 Å². The molecular formula is C19H25N5O. The predicted octanol–water partition coefficient (Wildman–Crippen LogP) is 2.00. The summed E-state index contributed by atoms with van der Waals surface area (Å²) < 4.78 is 1.86. The first-order chi connectivity index (χ1) is 12.0. The highest BCUT2D eigenvalue weighted by atomic mass is 16.2. The molecule has 1 aliphatic rings. The number of likely N-dealkylation sites (tertiary alicyclic amines) is 1. The zero-order valence-electron chi connectivity index (χ0n) is 15.0. The molecule has 0 bridgehead atoms. The Balaban J connectivity index is 1.61. The van der Waals surface area contributed by atoms with Crippen molar-refractivity contribution in [3.63, 3.8) is 0 Å². The van der Waals surface area contributed by atoms with Crippen LogP contribution in [0.15, 0.2) is 42.7 Å². The van der Waals surface area contributed by atoms with Crippen molar-refractivity contribution < 1.29 is 4.79 Å². The molecule has 1 aromatic heterocycles. The normalized spacial score (nSPS) is 20.7. The van der Waals surface area contributed by atoms with Gasteiger partial charge >= 0.3 is 0 Å². The number of hydrogen-bond donors (Lipinski definition) is 0. The second kappa shape index (κ2) is 7.61. The van der Waals surface area contributed by atoms with Crippen LogP contribution in [0.3, 0.4) is 0 Å². The summed E-state index contributed by atoms with van der Waals surface area (Å²) in [5.74, 6) is 0.151. The van der Waals surface area contributed by atoms with Crippen molar-refractivity contribution in [3.05, 3.63) is 53.9 Å². The van der Waals surface area contributed by atoms with Gasteiger partial charge in [-0.1, -0.05) is 47.2 Å². The van der Waals surface area contributed by atoms with Gasteiger partial charge in [-0.3, -0.25) is 4.79 Å². The first-order valence-electron chi connectivity index (χ1n) is 8.58. The number of nitrogens with zero attached hydrogens (tertiary/aromatic N) is 5. The molecule has 2 atom stereocenters. The summed E-state index contributed by atoms with van der Waals surface area (Å²) in [6, 6.07) is 8.66. The maximum absolute atomic E-state index is 12.6. The molecule has 0 spiro atoms. The first-order valence-corrected chi connectivity index (χ1v) is 8.58. The van der Waals surface area contributed by atoms with Gasteiger partial charge in [0, 0.05) is 25.7 Å². The fraction of sp³-hybridized carbons (Fsp3) is 0.421. The van der Waals surface area contributed by atoms with Crippen molar-refractivity contribution >= 4 is 12.0 Å². The Morgan fingerprint density at radius 3 is 2.68 bits per heavy atom. The van der Waals surface area contributed by atoms with Gasteiger partial charge in [-0.15, -0.1) is 5.10 Å². The number of hydrogen-bond acceptors (Lipinski definition) is 4. The monoisotopic (exact) mass is 339 g/mol. The average Bonchev–Trinajstić information content (AvgIpc) is 3.25. The molecule has 1 aliphatic heterocycles. The number of amides is 1. The molecule has 3 rings (SSSR count). The maximum atomic E-state index is 12.6. The van der Waals surface area contributed by atoms with E-state index < -0.39 is 0 Å². The summed E-state index contributed by atoms with van der Waals surface area (Å²) in [7, 11) is 4.08. The van der Waals surface area contributed by atoms with Crippen LogP contribution in [0.2, 0.25) is 0 Å². The second-order valence-corrected chi connectivity index (χ2v) is 6.80. The third-order valence-corrected chi connectivity index (χ3v) is 4.74. The van der Waals surface area contributed by atoms with E-state index in [9.17, 15) is 4.79 Å². The number of carbonyl (C=O) groups is 1. The van der Waals surface area contributed by atoms with Crippen LogP contribution >= 0.6 is 0 Å². The first kappa shape index (κ1) is 17.4. The fourth-order valence-electron chi connectivity index (χ4n) is 3.24. The minimum absolute atomic E-state index is 0.141. The summed E-state index contributed by atoms with van der Waals surface area (Å²) in [6.07, 6.45) is 7.91. The Morgan fingerprint density at radius 1 is 1.28 bits per heavy atom. The van der Waals surface area contributed by atoms with Crippen molar-refractivity contribution in [3.8, 4) is 0 Å². The van der Waals surface area contributed by atoms with E-state index in [0.29, 0.717) is 19.5 Å². The topological polar surface area (TPSA) is 54.3 Å². The van der Waals surface area contributed by atoms with Gasteiger partial charge in [-0.2, -0.15) is 0 Å². The van der Waals surface area contributed by atoms with E-state index in [1.54, 1.807) is 6.20 Å².